The Labute approximate surface area is 352 Å². The standard InChI is InChI=1S/C56H56N2O2/c1-51(2,3)29-19-35-31-23-41-39(49(59)55(9)15-11-53(41,7)12-16-55)27-45(31)57-43-26-34-38-22-30(52(4,5)6)20-36-32-24-42-40(50(60)56(10)17-13-54(42,8)14-18-56)28-46(32)58(48(36)38)44(34)25-33(43)37(21-29)47(35)57/h19-28H,11-18H2,1-10H3. The van der Waals surface area contributed by atoms with E-state index in [4.69, 9.17) is 0 Å². The zero-order chi connectivity index (χ0) is 41.6. The molecule has 0 amide bonds. The van der Waals surface area contributed by atoms with Gasteiger partial charge >= 0.3 is 0 Å². The van der Waals surface area contributed by atoms with Crippen molar-refractivity contribution in [3.05, 3.63) is 94.0 Å². The van der Waals surface area contributed by atoms with Gasteiger partial charge in [0.25, 0.3) is 0 Å². The summed E-state index contributed by atoms with van der Waals surface area (Å²) >= 11 is 0. The predicted molar refractivity (Wildman–Crippen MR) is 250 cm³/mol. The van der Waals surface area contributed by atoms with Gasteiger partial charge in [-0.05, 0) is 156 Å². The van der Waals surface area contributed by atoms with E-state index in [1.165, 1.54) is 87.4 Å². The Balaban J connectivity index is 1.21. The van der Waals surface area contributed by atoms with Crippen LogP contribution < -0.4 is 0 Å². The molecule has 6 aliphatic rings. The second-order valence-corrected chi connectivity index (χ2v) is 23.6. The lowest BCUT2D eigenvalue weighted by Crippen LogP contribution is -2.33. The number of benzene rings is 5. The van der Waals surface area contributed by atoms with Crippen LogP contribution in [0.1, 0.15) is 164 Å². The predicted octanol–water partition coefficient (Wildman–Crippen LogP) is 14.7. The molecule has 0 spiro atoms. The summed E-state index contributed by atoms with van der Waals surface area (Å²) in [5.74, 6) is 0.669. The van der Waals surface area contributed by atoms with Crippen LogP contribution in [-0.4, -0.2) is 20.4 Å². The average Bonchev–Trinajstić information content (AvgIpc) is 3.87. The first-order valence-corrected chi connectivity index (χ1v) is 22.9. The number of ketones is 2. The van der Waals surface area contributed by atoms with Crippen LogP contribution in [0.2, 0.25) is 0 Å². The van der Waals surface area contributed by atoms with Gasteiger partial charge in [0, 0.05) is 65.0 Å². The number of fused-ring (bicyclic) bond motifs is 16. The molecule has 0 N–H and O–H groups in total. The van der Waals surface area contributed by atoms with Crippen LogP contribution in [0.15, 0.2) is 60.7 Å². The van der Waals surface area contributed by atoms with Crippen molar-refractivity contribution in [2.45, 2.75) is 142 Å². The van der Waals surface area contributed by atoms with Gasteiger partial charge < -0.3 is 8.80 Å². The van der Waals surface area contributed by atoms with Gasteiger partial charge in [0.05, 0.1) is 33.1 Å². The molecule has 0 atom stereocenters. The van der Waals surface area contributed by atoms with Crippen LogP contribution >= 0.6 is 0 Å². The SMILES string of the molecule is CC12CCC(C)(CC1)c1cc3c4cc(C(C)(C)C)cc5c6cc7c(cc6n(c3cc1C2=O)c45)c1cc(C(C)(C)C)cc2c3cc4c(cc3n7c21)C(=O)C1(C)CCC4(C)CC1. The molecule has 0 radical (unpaired) electrons. The molecule has 2 fully saturated rings. The number of nitrogens with zero attached hydrogens (tertiary/aromatic N) is 2. The smallest absolute Gasteiger partial charge is 0.169 e. The Hall–Kier alpha value is -4.96. The monoisotopic (exact) mass is 788 g/mol. The third-order valence-electron chi connectivity index (χ3n) is 17.7. The molecule has 60 heavy (non-hydrogen) atoms. The van der Waals surface area contributed by atoms with E-state index in [1.807, 2.05) is 0 Å². The minimum absolute atomic E-state index is 0.00853. The molecule has 5 aromatic carbocycles. The van der Waals surface area contributed by atoms with E-state index in [0.717, 1.165) is 73.5 Å². The van der Waals surface area contributed by atoms with Crippen molar-refractivity contribution in [3.8, 4) is 0 Å². The molecular weight excluding hydrogens is 733 g/mol. The third-order valence-corrected chi connectivity index (χ3v) is 17.7. The Morgan fingerprint density at radius 2 is 0.667 bits per heavy atom. The molecule has 6 aliphatic carbocycles. The lowest BCUT2D eigenvalue weighted by Gasteiger charge is -2.38. The summed E-state index contributed by atoms with van der Waals surface area (Å²) in [5.41, 5.74) is 13.6. The zero-order valence-electron chi connectivity index (χ0n) is 37.1. The fraction of sp³-hybridized carbons (Fsp3) is 0.429. The van der Waals surface area contributed by atoms with E-state index < -0.39 is 0 Å². The molecule has 2 saturated carbocycles. The van der Waals surface area contributed by atoms with E-state index in [2.05, 4.69) is 139 Å². The van der Waals surface area contributed by atoms with Crippen molar-refractivity contribution in [1.82, 2.24) is 8.80 Å². The third kappa shape index (κ3) is 4.11. The van der Waals surface area contributed by atoms with E-state index >= 15 is 0 Å². The lowest BCUT2D eigenvalue weighted by atomic mass is 9.65. The van der Waals surface area contributed by atoms with Gasteiger partial charge in [-0.1, -0.05) is 69.2 Å². The molecule has 0 aliphatic heterocycles. The van der Waals surface area contributed by atoms with E-state index in [9.17, 15) is 9.59 Å². The highest BCUT2D eigenvalue weighted by Crippen LogP contribution is 2.57. The Morgan fingerprint density at radius 3 is 0.983 bits per heavy atom. The fourth-order valence-electron chi connectivity index (χ4n) is 13.3. The maximum atomic E-state index is 14.6. The topological polar surface area (TPSA) is 43.0 Å². The number of Topliss-reactive ketones (excluding diaryl/α,β-unsaturated/α-hetero) is 2. The molecule has 302 valence electrons. The summed E-state index contributed by atoms with van der Waals surface area (Å²) in [4.78, 5) is 29.2. The van der Waals surface area contributed by atoms with Crippen molar-refractivity contribution in [2.75, 3.05) is 0 Å². The van der Waals surface area contributed by atoms with Gasteiger partial charge in [-0.25, -0.2) is 0 Å². The van der Waals surface area contributed by atoms with Crippen molar-refractivity contribution in [3.63, 3.8) is 0 Å². The van der Waals surface area contributed by atoms with Crippen LogP contribution in [0.25, 0.3) is 76.2 Å². The normalized spacial score (nSPS) is 27.3. The number of rotatable bonds is 0. The van der Waals surface area contributed by atoms with Crippen molar-refractivity contribution < 1.29 is 9.59 Å². The first kappa shape index (κ1) is 35.8. The summed E-state index contributed by atoms with van der Waals surface area (Å²) in [6, 6.07) is 24.2. The highest BCUT2D eigenvalue weighted by atomic mass is 16.1. The van der Waals surface area contributed by atoms with Crippen LogP contribution in [0, 0.1) is 10.8 Å². The van der Waals surface area contributed by atoms with E-state index in [1.54, 1.807) is 0 Å². The summed E-state index contributed by atoms with van der Waals surface area (Å²) < 4.78 is 5.03. The lowest BCUT2D eigenvalue weighted by molar-refractivity contribution is 0.0726. The van der Waals surface area contributed by atoms with Gasteiger partial charge in [-0.2, -0.15) is 0 Å². The van der Waals surface area contributed by atoms with Gasteiger partial charge in [0.2, 0.25) is 0 Å². The Kier molecular flexibility index (Phi) is 6.19. The quantitative estimate of drug-likeness (QED) is 0.154. The first-order valence-electron chi connectivity index (χ1n) is 22.9. The number of carbonyl (C=O) groups is 2. The molecule has 4 bridgehead atoms. The first-order chi connectivity index (χ1) is 28.2. The zero-order valence-corrected chi connectivity index (χ0v) is 37.1. The highest BCUT2D eigenvalue weighted by Gasteiger charge is 2.50. The minimum atomic E-state index is -0.295. The average molecular weight is 789 g/mol. The maximum Gasteiger partial charge on any atom is 0.169 e. The second kappa shape index (κ2) is 10.4. The molecule has 0 unspecified atom stereocenters. The number of carbonyl (C=O) groups excluding carboxylic acids is 2. The van der Waals surface area contributed by atoms with Gasteiger partial charge in [0.1, 0.15) is 0 Å². The second-order valence-electron chi connectivity index (χ2n) is 23.6. The van der Waals surface area contributed by atoms with E-state index in [-0.39, 0.29) is 32.5 Å². The van der Waals surface area contributed by atoms with E-state index in [0.29, 0.717) is 11.6 Å². The van der Waals surface area contributed by atoms with Gasteiger partial charge in [-0.15, -0.1) is 0 Å². The molecular formula is C56H56N2O2. The number of aromatic nitrogens is 2. The molecule has 4 nitrogen and oxygen atoms in total. The number of hydrogen-bond acceptors (Lipinski definition) is 2. The fourth-order valence-corrected chi connectivity index (χ4v) is 13.3. The van der Waals surface area contributed by atoms with Crippen LogP contribution in [0.4, 0.5) is 0 Å². The van der Waals surface area contributed by atoms with Crippen molar-refractivity contribution >= 4 is 87.8 Å². The van der Waals surface area contributed by atoms with Crippen LogP contribution in [-0.2, 0) is 21.7 Å². The molecule has 9 aromatic rings. The van der Waals surface area contributed by atoms with Crippen LogP contribution in [0.3, 0.4) is 0 Å². The largest absolute Gasteiger partial charge is 0.308 e. The van der Waals surface area contributed by atoms with Gasteiger partial charge in [-0.3, -0.25) is 9.59 Å². The minimum Gasteiger partial charge on any atom is -0.308 e. The van der Waals surface area contributed by atoms with Crippen molar-refractivity contribution in [2.24, 2.45) is 10.8 Å². The molecule has 0 saturated heterocycles. The Morgan fingerprint density at radius 1 is 0.383 bits per heavy atom. The summed E-state index contributed by atoms with van der Waals surface area (Å²) in [6.45, 7) is 23.2. The molecule has 4 heteroatoms. The van der Waals surface area contributed by atoms with Crippen molar-refractivity contribution in [1.29, 1.82) is 0 Å². The number of hydrogen-bond donors (Lipinski definition) is 0. The molecule has 15 rings (SSSR count). The maximum absolute atomic E-state index is 14.6. The molecule has 4 aromatic heterocycles. The summed E-state index contributed by atoms with van der Waals surface area (Å²) in [7, 11) is 0. The summed E-state index contributed by atoms with van der Waals surface area (Å²) in [5, 5.41) is 10.1. The Bertz CT molecular complexity index is 3250. The molecule has 4 heterocycles. The van der Waals surface area contributed by atoms with Crippen LogP contribution in [0.5, 0.6) is 0 Å². The summed E-state index contributed by atoms with van der Waals surface area (Å²) in [6.07, 6.45) is 8.09. The van der Waals surface area contributed by atoms with Gasteiger partial charge in [0.15, 0.2) is 11.6 Å². The highest BCUT2D eigenvalue weighted by molar-refractivity contribution is 6.30.